The van der Waals surface area contributed by atoms with Gasteiger partial charge in [0.2, 0.25) is 5.91 Å². The third kappa shape index (κ3) is 5.19. The number of nitrogens with one attached hydrogen (secondary N) is 1. The van der Waals surface area contributed by atoms with Crippen molar-refractivity contribution < 1.29 is 19.7 Å². The number of carbonyl (C=O) groups excluding carboxylic acids is 1. The van der Waals surface area contributed by atoms with Crippen LogP contribution in [0, 0.1) is 0 Å². The fourth-order valence-corrected chi connectivity index (χ4v) is 1.74. The quantitative estimate of drug-likeness (QED) is 0.592. The summed E-state index contributed by atoms with van der Waals surface area (Å²) in [5.41, 5.74) is -0.919. The normalized spacial score (nSPS) is 11.2. The molecular formula is C15H23NO4. The minimum atomic E-state index is -0.919. The van der Waals surface area contributed by atoms with E-state index in [9.17, 15) is 15.0 Å². The van der Waals surface area contributed by atoms with Gasteiger partial charge in [-0.25, -0.2) is 0 Å². The van der Waals surface area contributed by atoms with E-state index in [1.54, 1.807) is 0 Å². The third-order valence-electron chi connectivity index (χ3n) is 3.25. The topological polar surface area (TPSA) is 78.8 Å². The van der Waals surface area contributed by atoms with Crippen molar-refractivity contribution in [1.82, 2.24) is 5.32 Å². The first kappa shape index (κ1) is 16.5. The number of aliphatic hydroxyl groups excluding tert-OH is 2. The van der Waals surface area contributed by atoms with E-state index < -0.39 is 5.54 Å². The lowest BCUT2D eigenvalue weighted by atomic mass is 9.98. The van der Waals surface area contributed by atoms with Crippen LogP contribution >= 0.6 is 0 Å². The molecule has 0 aliphatic rings. The number of aliphatic hydroxyl groups is 2. The van der Waals surface area contributed by atoms with E-state index in [1.165, 1.54) is 0 Å². The molecule has 20 heavy (non-hydrogen) atoms. The molecule has 0 atom stereocenters. The van der Waals surface area contributed by atoms with E-state index in [2.05, 4.69) is 5.32 Å². The maximum atomic E-state index is 11.8. The average Bonchev–Trinajstić information content (AvgIpc) is 2.50. The highest BCUT2D eigenvalue weighted by atomic mass is 16.5. The minimum Gasteiger partial charge on any atom is -0.494 e. The number of ether oxygens (including phenoxy) is 1. The van der Waals surface area contributed by atoms with E-state index >= 15 is 0 Å². The number of hydrogen-bond donors (Lipinski definition) is 3. The Kier molecular flexibility index (Phi) is 7.04. The van der Waals surface area contributed by atoms with Crippen LogP contribution in [-0.4, -0.2) is 41.5 Å². The molecule has 0 spiro atoms. The van der Waals surface area contributed by atoms with Gasteiger partial charge in [0, 0.05) is 6.42 Å². The molecule has 1 amide bonds. The van der Waals surface area contributed by atoms with Crippen molar-refractivity contribution in [3.63, 3.8) is 0 Å². The highest BCUT2D eigenvalue weighted by molar-refractivity contribution is 5.76. The van der Waals surface area contributed by atoms with Crippen molar-refractivity contribution in [3.8, 4) is 5.75 Å². The highest BCUT2D eigenvalue weighted by Crippen LogP contribution is 2.10. The number of para-hydroxylation sites is 1. The standard InChI is InChI=1S/C15H23NO4/c1-2-15(11-17,12-18)16-14(19)9-6-10-20-13-7-4-3-5-8-13/h3-5,7-8,17-18H,2,6,9-12H2,1H3,(H,16,19). The molecular weight excluding hydrogens is 258 g/mol. The molecule has 0 radical (unpaired) electrons. The van der Waals surface area contributed by atoms with Gasteiger partial charge in [-0.1, -0.05) is 25.1 Å². The Labute approximate surface area is 119 Å². The fraction of sp³-hybridized carbons (Fsp3) is 0.533. The van der Waals surface area contributed by atoms with Crippen LogP contribution in [-0.2, 0) is 4.79 Å². The summed E-state index contributed by atoms with van der Waals surface area (Å²) in [6.07, 6.45) is 1.36. The molecule has 1 aromatic rings. The Morgan fingerprint density at radius 1 is 1.25 bits per heavy atom. The second-order valence-electron chi connectivity index (χ2n) is 4.76. The van der Waals surface area contributed by atoms with E-state index in [1.807, 2.05) is 37.3 Å². The molecule has 5 nitrogen and oxygen atoms in total. The maximum Gasteiger partial charge on any atom is 0.220 e. The number of rotatable bonds is 9. The van der Waals surface area contributed by atoms with Crippen LogP contribution in [0.2, 0.25) is 0 Å². The van der Waals surface area contributed by atoms with Crippen molar-refractivity contribution in [2.45, 2.75) is 31.7 Å². The summed E-state index contributed by atoms with van der Waals surface area (Å²) >= 11 is 0. The van der Waals surface area contributed by atoms with Crippen LogP contribution in [0.4, 0.5) is 0 Å². The summed E-state index contributed by atoms with van der Waals surface area (Å²) in [5.74, 6) is 0.591. The SMILES string of the molecule is CCC(CO)(CO)NC(=O)CCCOc1ccccc1. The smallest absolute Gasteiger partial charge is 0.220 e. The summed E-state index contributed by atoms with van der Waals surface area (Å²) in [6, 6.07) is 9.41. The molecule has 0 aromatic heterocycles. The summed E-state index contributed by atoms with van der Waals surface area (Å²) in [5, 5.41) is 21.2. The molecule has 112 valence electrons. The van der Waals surface area contributed by atoms with Crippen LogP contribution in [0.15, 0.2) is 30.3 Å². The first-order valence-electron chi connectivity index (χ1n) is 6.86. The second kappa shape index (κ2) is 8.55. The first-order chi connectivity index (χ1) is 9.65. The van der Waals surface area contributed by atoms with Crippen LogP contribution in [0.5, 0.6) is 5.75 Å². The predicted octanol–water partition coefficient (Wildman–Crippen LogP) is 1.10. The van der Waals surface area contributed by atoms with Crippen molar-refractivity contribution in [2.75, 3.05) is 19.8 Å². The summed E-state index contributed by atoms with van der Waals surface area (Å²) in [6.45, 7) is 1.72. The zero-order valence-corrected chi connectivity index (χ0v) is 11.8. The van der Waals surface area contributed by atoms with Crippen LogP contribution < -0.4 is 10.1 Å². The van der Waals surface area contributed by atoms with Gasteiger partial charge in [0.15, 0.2) is 0 Å². The van der Waals surface area contributed by atoms with Gasteiger partial charge in [-0.3, -0.25) is 4.79 Å². The van der Waals surface area contributed by atoms with Gasteiger partial charge in [-0.05, 0) is 25.0 Å². The lowest BCUT2D eigenvalue weighted by Gasteiger charge is -2.29. The van der Waals surface area contributed by atoms with Gasteiger partial charge in [-0.15, -0.1) is 0 Å². The monoisotopic (exact) mass is 281 g/mol. The number of amides is 1. The van der Waals surface area contributed by atoms with Gasteiger partial charge in [0.05, 0.1) is 25.4 Å². The molecule has 0 fully saturated rings. The maximum absolute atomic E-state index is 11.8. The number of benzene rings is 1. The van der Waals surface area contributed by atoms with Gasteiger partial charge in [-0.2, -0.15) is 0 Å². The molecule has 0 aliphatic carbocycles. The van der Waals surface area contributed by atoms with Crippen molar-refractivity contribution in [3.05, 3.63) is 30.3 Å². The molecule has 3 N–H and O–H groups in total. The second-order valence-corrected chi connectivity index (χ2v) is 4.76. The highest BCUT2D eigenvalue weighted by Gasteiger charge is 2.28. The van der Waals surface area contributed by atoms with E-state index in [4.69, 9.17) is 4.74 Å². The number of hydrogen-bond acceptors (Lipinski definition) is 4. The molecule has 0 aliphatic heterocycles. The van der Waals surface area contributed by atoms with Crippen molar-refractivity contribution in [2.24, 2.45) is 0 Å². The Bertz CT molecular complexity index is 382. The Balaban J connectivity index is 2.26. The molecule has 0 saturated carbocycles. The van der Waals surface area contributed by atoms with Gasteiger partial charge in [0.1, 0.15) is 5.75 Å². The molecule has 5 heteroatoms. The fourth-order valence-electron chi connectivity index (χ4n) is 1.74. The van der Waals surface area contributed by atoms with Gasteiger partial charge < -0.3 is 20.3 Å². The Morgan fingerprint density at radius 3 is 2.45 bits per heavy atom. The molecule has 0 bridgehead atoms. The average molecular weight is 281 g/mol. The van der Waals surface area contributed by atoms with Gasteiger partial charge >= 0.3 is 0 Å². The summed E-state index contributed by atoms with van der Waals surface area (Å²) < 4.78 is 5.49. The van der Waals surface area contributed by atoms with Crippen LogP contribution in [0.25, 0.3) is 0 Å². The molecule has 0 unspecified atom stereocenters. The zero-order chi connectivity index (χ0) is 14.8. The first-order valence-corrected chi connectivity index (χ1v) is 6.86. The largest absolute Gasteiger partial charge is 0.494 e. The van der Waals surface area contributed by atoms with Crippen molar-refractivity contribution >= 4 is 5.91 Å². The van der Waals surface area contributed by atoms with Gasteiger partial charge in [0.25, 0.3) is 0 Å². The van der Waals surface area contributed by atoms with E-state index in [0.29, 0.717) is 25.9 Å². The van der Waals surface area contributed by atoms with Crippen molar-refractivity contribution in [1.29, 1.82) is 0 Å². The predicted molar refractivity (Wildman–Crippen MR) is 76.5 cm³/mol. The molecule has 0 heterocycles. The lowest BCUT2D eigenvalue weighted by Crippen LogP contribution is -2.53. The third-order valence-corrected chi connectivity index (χ3v) is 3.25. The molecule has 1 aromatic carbocycles. The minimum absolute atomic E-state index is 0.188. The summed E-state index contributed by atoms with van der Waals surface area (Å²) in [7, 11) is 0. The van der Waals surface area contributed by atoms with E-state index in [-0.39, 0.29) is 19.1 Å². The molecule has 0 saturated heterocycles. The Morgan fingerprint density at radius 2 is 1.90 bits per heavy atom. The lowest BCUT2D eigenvalue weighted by molar-refractivity contribution is -0.124. The zero-order valence-electron chi connectivity index (χ0n) is 11.8. The molecule has 1 rings (SSSR count). The van der Waals surface area contributed by atoms with Crippen LogP contribution in [0.1, 0.15) is 26.2 Å². The number of carbonyl (C=O) groups is 1. The van der Waals surface area contributed by atoms with E-state index in [0.717, 1.165) is 5.75 Å². The van der Waals surface area contributed by atoms with Crippen LogP contribution in [0.3, 0.4) is 0 Å². The summed E-state index contributed by atoms with van der Waals surface area (Å²) in [4.78, 5) is 11.8. The Hall–Kier alpha value is -1.59.